The molecule has 0 radical (unpaired) electrons. The second-order valence-electron chi connectivity index (χ2n) is 5.21. The second kappa shape index (κ2) is 5.59. The van der Waals surface area contributed by atoms with Crippen LogP contribution >= 0.6 is 0 Å². The SMILES string of the molecule is CC(C)(O)CNCc1cccc2c1OCCCO2. The molecule has 2 N–H and O–H groups in total. The minimum atomic E-state index is -0.705. The summed E-state index contributed by atoms with van der Waals surface area (Å²) in [7, 11) is 0. The van der Waals surface area contributed by atoms with E-state index in [1.54, 1.807) is 13.8 Å². The Hall–Kier alpha value is -1.26. The van der Waals surface area contributed by atoms with Gasteiger partial charge in [0.15, 0.2) is 11.5 Å². The number of fused-ring (bicyclic) bond motifs is 1. The molecule has 1 heterocycles. The summed E-state index contributed by atoms with van der Waals surface area (Å²) < 4.78 is 11.4. The van der Waals surface area contributed by atoms with Crippen molar-refractivity contribution in [1.82, 2.24) is 5.32 Å². The van der Waals surface area contributed by atoms with E-state index in [0.29, 0.717) is 26.3 Å². The fourth-order valence-corrected chi connectivity index (χ4v) is 1.90. The molecule has 0 aliphatic carbocycles. The average Bonchev–Trinajstić information content (AvgIpc) is 2.53. The summed E-state index contributed by atoms with van der Waals surface area (Å²) in [5.74, 6) is 1.65. The first-order valence-electron chi connectivity index (χ1n) is 6.37. The lowest BCUT2D eigenvalue weighted by Crippen LogP contribution is -2.34. The molecule has 18 heavy (non-hydrogen) atoms. The van der Waals surface area contributed by atoms with Crippen LogP contribution in [-0.2, 0) is 6.54 Å². The summed E-state index contributed by atoms with van der Waals surface area (Å²) in [5.41, 5.74) is 0.363. The predicted octanol–water partition coefficient (Wildman–Crippen LogP) is 1.71. The number of benzene rings is 1. The van der Waals surface area contributed by atoms with E-state index in [9.17, 15) is 5.11 Å². The molecular weight excluding hydrogens is 230 g/mol. The average molecular weight is 251 g/mol. The van der Waals surface area contributed by atoms with Gasteiger partial charge in [0, 0.05) is 25.1 Å². The number of ether oxygens (including phenoxy) is 2. The van der Waals surface area contributed by atoms with Crippen molar-refractivity contribution in [2.45, 2.75) is 32.4 Å². The van der Waals surface area contributed by atoms with Crippen LogP contribution in [-0.4, -0.2) is 30.5 Å². The van der Waals surface area contributed by atoms with E-state index in [-0.39, 0.29) is 0 Å². The molecule has 0 saturated carbocycles. The van der Waals surface area contributed by atoms with Gasteiger partial charge in [-0.3, -0.25) is 0 Å². The maximum absolute atomic E-state index is 9.66. The van der Waals surface area contributed by atoms with Gasteiger partial charge < -0.3 is 19.9 Å². The maximum Gasteiger partial charge on any atom is 0.165 e. The van der Waals surface area contributed by atoms with Crippen molar-refractivity contribution in [3.8, 4) is 11.5 Å². The Morgan fingerprint density at radius 3 is 2.83 bits per heavy atom. The van der Waals surface area contributed by atoms with E-state index in [1.807, 2.05) is 18.2 Å². The zero-order valence-corrected chi connectivity index (χ0v) is 11.0. The number of para-hydroxylation sites is 1. The molecule has 100 valence electrons. The Morgan fingerprint density at radius 2 is 2.06 bits per heavy atom. The van der Waals surface area contributed by atoms with E-state index in [1.165, 1.54) is 0 Å². The topological polar surface area (TPSA) is 50.7 Å². The van der Waals surface area contributed by atoms with Gasteiger partial charge in [0.1, 0.15) is 0 Å². The van der Waals surface area contributed by atoms with Gasteiger partial charge in [0.25, 0.3) is 0 Å². The molecule has 1 aromatic rings. The summed E-state index contributed by atoms with van der Waals surface area (Å²) in [6.07, 6.45) is 0.908. The van der Waals surface area contributed by atoms with Crippen LogP contribution in [0.1, 0.15) is 25.8 Å². The van der Waals surface area contributed by atoms with Crippen molar-refractivity contribution >= 4 is 0 Å². The van der Waals surface area contributed by atoms with E-state index in [4.69, 9.17) is 9.47 Å². The smallest absolute Gasteiger partial charge is 0.165 e. The standard InChI is InChI=1S/C14H21NO3/c1-14(2,16)10-15-9-11-5-3-6-12-13(11)18-8-4-7-17-12/h3,5-6,15-16H,4,7-10H2,1-2H3. The van der Waals surface area contributed by atoms with Crippen molar-refractivity contribution in [2.24, 2.45) is 0 Å². The zero-order chi connectivity index (χ0) is 13.0. The van der Waals surface area contributed by atoms with Crippen LogP contribution in [0.3, 0.4) is 0 Å². The fraction of sp³-hybridized carbons (Fsp3) is 0.571. The Balaban J connectivity index is 2.04. The van der Waals surface area contributed by atoms with E-state index in [2.05, 4.69) is 5.32 Å². The lowest BCUT2D eigenvalue weighted by molar-refractivity contribution is 0.0794. The molecule has 0 aromatic heterocycles. The van der Waals surface area contributed by atoms with Crippen molar-refractivity contribution in [3.63, 3.8) is 0 Å². The Morgan fingerprint density at radius 1 is 1.28 bits per heavy atom. The maximum atomic E-state index is 9.66. The summed E-state index contributed by atoms with van der Waals surface area (Å²) >= 11 is 0. The van der Waals surface area contributed by atoms with Gasteiger partial charge in [-0.2, -0.15) is 0 Å². The lowest BCUT2D eigenvalue weighted by Gasteiger charge is -2.19. The summed E-state index contributed by atoms with van der Waals surface area (Å²) in [6.45, 7) is 6.16. The number of hydrogen-bond donors (Lipinski definition) is 2. The molecule has 2 rings (SSSR count). The van der Waals surface area contributed by atoms with Crippen LogP contribution in [0.4, 0.5) is 0 Å². The third kappa shape index (κ3) is 3.62. The number of nitrogens with one attached hydrogen (secondary N) is 1. The number of hydrogen-bond acceptors (Lipinski definition) is 4. The number of aliphatic hydroxyl groups is 1. The predicted molar refractivity (Wildman–Crippen MR) is 70.1 cm³/mol. The fourth-order valence-electron chi connectivity index (χ4n) is 1.90. The minimum absolute atomic E-state index is 0.539. The minimum Gasteiger partial charge on any atom is -0.490 e. The van der Waals surface area contributed by atoms with Crippen LogP contribution in [0.2, 0.25) is 0 Å². The molecule has 0 saturated heterocycles. The molecule has 1 aliphatic rings. The Labute approximate surface area is 108 Å². The third-order valence-corrected chi connectivity index (χ3v) is 2.73. The van der Waals surface area contributed by atoms with Crippen LogP contribution in [0.5, 0.6) is 11.5 Å². The molecular formula is C14H21NO3. The first kappa shape index (κ1) is 13.2. The van der Waals surface area contributed by atoms with Gasteiger partial charge >= 0.3 is 0 Å². The Kier molecular flexibility index (Phi) is 4.09. The molecule has 4 nitrogen and oxygen atoms in total. The van der Waals surface area contributed by atoms with E-state index in [0.717, 1.165) is 23.5 Å². The highest BCUT2D eigenvalue weighted by atomic mass is 16.5. The zero-order valence-electron chi connectivity index (χ0n) is 11.0. The highest BCUT2D eigenvalue weighted by Crippen LogP contribution is 2.33. The lowest BCUT2D eigenvalue weighted by atomic mass is 10.1. The van der Waals surface area contributed by atoms with Gasteiger partial charge in [0.05, 0.1) is 18.8 Å². The van der Waals surface area contributed by atoms with Gasteiger partial charge in [-0.05, 0) is 19.9 Å². The Bertz CT molecular complexity index is 399. The first-order valence-corrected chi connectivity index (χ1v) is 6.37. The largest absolute Gasteiger partial charge is 0.490 e. The van der Waals surface area contributed by atoms with Crippen LogP contribution in [0.15, 0.2) is 18.2 Å². The molecule has 0 spiro atoms. The van der Waals surface area contributed by atoms with Crippen LogP contribution in [0, 0.1) is 0 Å². The van der Waals surface area contributed by atoms with Gasteiger partial charge in [-0.15, -0.1) is 0 Å². The normalized spacial score (nSPS) is 15.3. The van der Waals surface area contributed by atoms with E-state index < -0.39 is 5.60 Å². The quantitative estimate of drug-likeness (QED) is 0.855. The molecule has 0 amide bonds. The molecule has 0 unspecified atom stereocenters. The molecule has 1 aromatic carbocycles. The molecule has 0 bridgehead atoms. The van der Waals surface area contributed by atoms with Crippen molar-refractivity contribution in [1.29, 1.82) is 0 Å². The first-order chi connectivity index (χ1) is 8.56. The van der Waals surface area contributed by atoms with Crippen LogP contribution in [0.25, 0.3) is 0 Å². The molecule has 0 atom stereocenters. The third-order valence-electron chi connectivity index (χ3n) is 2.73. The highest BCUT2D eigenvalue weighted by molar-refractivity contribution is 5.47. The van der Waals surface area contributed by atoms with Crippen molar-refractivity contribution in [3.05, 3.63) is 23.8 Å². The van der Waals surface area contributed by atoms with Gasteiger partial charge in [-0.1, -0.05) is 12.1 Å². The molecule has 1 aliphatic heterocycles. The number of rotatable bonds is 4. The van der Waals surface area contributed by atoms with Crippen molar-refractivity contribution < 1.29 is 14.6 Å². The monoisotopic (exact) mass is 251 g/mol. The molecule has 0 fully saturated rings. The summed E-state index contributed by atoms with van der Waals surface area (Å²) in [5, 5.41) is 12.9. The summed E-state index contributed by atoms with van der Waals surface area (Å²) in [6, 6.07) is 5.92. The second-order valence-corrected chi connectivity index (χ2v) is 5.21. The highest BCUT2D eigenvalue weighted by Gasteiger charge is 2.15. The van der Waals surface area contributed by atoms with Gasteiger partial charge in [-0.25, -0.2) is 0 Å². The van der Waals surface area contributed by atoms with Gasteiger partial charge in [0.2, 0.25) is 0 Å². The van der Waals surface area contributed by atoms with E-state index >= 15 is 0 Å². The van der Waals surface area contributed by atoms with Crippen LogP contribution < -0.4 is 14.8 Å². The summed E-state index contributed by atoms with van der Waals surface area (Å²) in [4.78, 5) is 0. The molecule has 4 heteroatoms. The van der Waals surface area contributed by atoms with Crippen molar-refractivity contribution in [2.75, 3.05) is 19.8 Å².